The van der Waals surface area contributed by atoms with Crippen molar-refractivity contribution in [1.82, 2.24) is 0 Å². The fourth-order valence-electron chi connectivity index (χ4n) is 7.46. The number of hydrogen-bond acceptors (Lipinski definition) is 2. The zero-order chi connectivity index (χ0) is 35.7. The second-order valence-electron chi connectivity index (χ2n) is 13.2. The van der Waals surface area contributed by atoms with E-state index >= 15 is 0 Å². The summed E-state index contributed by atoms with van der Waals surface area (Å²) in [6, 6.07) is 58.8. The summed E-state index contributed by atoms with van der Waals surface area (Å²) in [5, 5.41) is 4.77. The Bertz CT molecular complexity index is 2730. The molecule has 0 atom stereocenters. The van der Waals surface area contributed by atoms with Gasteiger partial charge in [0.1, 0.15) is 11.5 Å². The van der Waals surface area contributed by atoms with Crippen molar-refractivity contribution in [3.63, 3.8) is 0 Å². The average Bonchev–Trinajstić information content (AvgIpc) is 3.54. The molecule has 0 heterocycles. The Hall–Kier alpha value is -6.91. The lowest BCUT2D eigenvalue weighted by atomic mass is 9.94. The smallest absolute Gasteiger partial charge is 0.161 e. The van der Waals surface area contributed by atoms with Crippen molar-refractivity contribution in [1.29, 1.82) is 0 Å². The molecule has 252 valence electrons. The van der Waals surface area contributed by atoms with E-state index in [0.717, 1.165) is 55.7 Å². The number of hydrogen-bond donors (Lipinski definition) is 0. The molecule has 1 aliphatic rings. The van der Waals surface area contributed by atoms with Crippen molar-refractivity contribution in [2.24, 2.45) is 15.0 Å². The highest BCUT2D eigenvalue weighted by Crippen LogP contribution is 2.50. The highest BCUT2D eigenvalue weighted by molar-refractivity contribution is 6.19. The molecule has 0 radical (unpaired) electrons. The molecule has 4 heteroatoms. The van der Waals surface area contributed by atoms with Crippen LogP contribution in [0.1, 0.15) is 22.3 Å². The van der Waals surface area contributed by atoms with Crippen LogP contribution >= 0.6 is 0 Å². The summed E-state index contributed by atoms with van der Waals surface area (Å²) in [5.74, 6) is 2.56. The van der Waals surface area contributed by atoms with E-state index in [4.69, 9.17) is 14.7 Å². The molecule has 0 bridgehead atoms. The van der Waals surface area contributed by atoms with Crippen LogP contribution in [0.3, 0.4) is 0 Å². The first-order valence-electron chi connectivity index (χ1n) is 17.8. The standard InChI is InChI=1S/C49H35N3O/c1-32-37(49(50-2)52-48(51-31-33-14-4-3-5-15-33)36-27-26-34-16-6-7-17-35(34)30-36)21-13-25-45(32)53-46-24-11-10-20-41(46)40-28-29-44-39-19-9-8-18-38(39)42-22-12-23-43(40)47(42)44/h3-30H,2,31H2,1H3/b51-48-,52-49-. The molecule has 1 aliphatic carbocycles. The highest BCUT2D eigenvalue weighted by Gasteiger charge is 2.23. The number of ether oxygens (including phenoxy) is 1. The van der Waals surface area contributed by atoms with Crippen LogP contribution in [-0.4, -0.2) is 18.4 Å². The van der Waals surface area contributed by atoms with E-state index in [1.165, 1.54) is 33.0 Å². The molecule has 8 aromatic carbocycles. The molecule has 0 saturated heterocycles. The zero-order valence-electron chi connectivity index (χ0n) is 29.3. The third kappa shape index (κ3) is 5.90. The number of aliphatic imine (C=N–C) groups is 3. The minimum absolute atomic E-state index is 0.480. The molecule has 9 rings (SSSR count). The van der Waals surface area contributed by atoms with Gasteiger partial charge in [0.2, 0.25) is 0 Å². The maximum Gasteiger partial charge on any atom is 0.161 e. The molecule has 0 aliphatic heterocycles. The summed E-state index contributed by atoms with van der Waals surface area (Å²) in [5.41, 5.74) is 11.0. The highest BCUT2D eigenvalue weighted by atomic mass is 16.5. The third-order valence-corrected chi connectivity index (χ3v) is 10.1. The van der Waals surface area contributed by atoms with Gasteiger partial charge in [0.25, 0.3) is 0 Å². The second kappa shape index (κ2) is 13.7. The van der Waals surface area contributed by atoms with Gasteiger partial charge in [0.05, 0.1) is 6.54 Å². The van der Waals surface area contributed by atoms with Gasteiger partial charge in [-0.1, -0.05) is 152 Å². The Labute approximate surface area is 309 Å². The Kier molecular flexibility index (Phi) is 8.26. The molecule has 0 fully saturated rings. The molecule has 0 aromatic heterocycles. The Morgan fingerprint density at radius 3 is 1.98 bits per heavy atom. The molecule has 4 nitrogen and oxygen atoms in total. The first kappa shape index (κ1) is 32.0. The first-order valence-corrected chi connectivity index (χ1v) is 17.8. The van der Waals surface area contributed by atoms with Gasteiger partial charge in [-0.2, -0.15) is 0 Å². The van der Waals surface area contributed by atoms with Gasteiger partial charge in [0.15, 0.2) is 11.7 Å². The van der Waals surface area contributed by atoms with Gasteiger partial charge in [-0.15, -0.1) is 0 Å². The topological polar surface area (TPSA) is 46.3 Å². The molecule has 0 unspecified atom stereocenters. The van der Waals surface area contributed by atoms with E-state index in [2.05, 4.69) is 121 Å². The van der Waals surface area contributed by atoms with E-state index < -0.39 is 0 Å². The Morgan fingerprint density at radius 1 is 0.528 bits per heavy atom. The molecular weight excluding hydrogens is 647 g/mol. The molecule has 0 saturated carbocycles. The molecule has 8 aromatic rings. The fourth-order valence-corrected chi connectivity index (χ4v) is 7.46. The number of nitrogens with zero attached hydrogens (tertiary/aromatic N) is 3. The Morgan fingerprint density at radius 2 is 1.17 bits per heavy atom. The number of amidine groups is 2. The lowest BCUT2D eigenvalue weighted by molar-refractivity contribution is 0.480. The van der Waals surface area contributed by atoms with Gasteiger partial charge in [0, 0.05) is 22.3 Å². The maximum atomic E-state index is 6.81. The summed E-state index contributed by atoms with van der Waals surface area (Å²) in [6.45, 7) is 6.48. The monoisotopic (exact) mass is 681 g/mol. The number of benzene rings is 8. The predicted molar refractivity (Wildman–Crippen MR) is 222 cm³/mol. The molecular formula is C49H35N3O. The zero-order valence-corrected chi connectivity index (χ0v) is 29.3. The van der Waals surface area contributed by atoms with Crippen LogP contribution < -0.4 is 4.74 Å². The minimum atomic E-state index is 0.480. The maximum absolute atomic E-state index is 6.81. The van der Waals surface area contributed by atoms with Gasteiger partial charge < -0.3 is 4.74 Å². The van der Waals surface area contributed by atoms with Crippen molar-refractivity contribution in [2.45, 2.75) is 13.5 Å². The quantitative estimate of drug-likeness (QED) is 0.122. The van der Waals surface area contributed by atoms with Crippen molar-refractivity contribution in [3.05, 3.63) is 192 Å². The second-order valence-corrected chi connectivity index (χ2v) is 13.2. The van der Waals surface area contributed by atoms with E-state index in [1.807, 2.05) is 67.6 Å². The van der Waals surface area contributed by atoms with Crippen LogP contribution in [-0.2, 0) is 6.54 Å². The largest absolute Gasteiger partial charge is 0.456 e. The van der Waals surface area contributed by atoms with E-state index in [9.17, 15) is 0 Å². The normalized spacial score (nSPS) is 12.2. The van der Waals surface area contributed by atoms with Crippen molar-refractivity contribution in [3.8, 4) is 44.9 Å². The van der Waals surface area contributed by atoms with Gasteiger partial charge in [-0.05, 0) is 86.8 Å². The van der Waals surface area contributed by atoms with Crippen LogP contribution in [0.2, 0.25) is 0 Å². The minimum Gasteiger partial charge on any atom is -0.456 e. The fraction of sp³-hybridized carbons (Fsp3) is 0.0408. The first-order chi connectivity index (χ1) is 26.2. The molecule has 0 amide bonds. The van der Waals surface area contributed by atoms with E-state index in [0.29, 0.717) is 18.2 Å². The van der Waals surface area contributed by atoms with Gasteiger partial charge in [-0.3, -0.25) is 4.99 Å². The Balaban J connectivity index is 1.10. The van der Waals surface area contributed by atoms with Crippen molar-refractivity contribution < 1.29 is 4.74 Å². The number of fused-ring (bicyclic) bond motifs is 4. The van der Waals surface area contributed by atoms with Crippen LogP contribution in [0.4, 0.5) is 0 Å². The van der Waals surface area contributed by atoms with Crippen molar-refractivity contribution >= 4 is 39.9 Å². The van der Waals surface area contributed by atoms with Crippen LogP contribution in [0.5, 0.6) is 11.5 Å². The average molecular weight is 682 g/mol. The lowest BCUT2D eigenvalue weighted by Gasteiger charge is -2.17. The lowest BCUT2D eigenvalue weighted by Crippen LogP contribution is -2.07. The van der Waals surface area contributed by atoms with E-state index in [-0.39, 0.29) is 0 Å². The summed E-state index contributed by atoms with van der Waals surface area (Å²) in [4.78, 5) is 14.6. The summed E-state index contributed by atoms with van der Waals surface area (Å²) < 4.78 is 6.81. The summed E-state index contributed by atoms with van der Waals surface area (Å²) in [6.07, 6.45) is 0. The predicted octanol–water partition coefficient (Wildman–Crippen LogP) is 12.5. The van der Waals surface area contributed by atoms with Crippen LogP contribution in [0, 0.1) is 6.92 Å². The van der Waals surface area contributed by atoms with Crippen LogP contribution in [0.15, 0.2) is 185 Å². The molecule has 53 heavy (non-hydrogen) atoms. The number of para-hydroxylation sites is 1. The van der Waals surface area contributed by atoms with Crippen molar-refractivity contribution in [2.75, 3.05) is 0 Å². The molecule has 0 N–H and O–H groups in total. The van der Waals surface area contributed by atoms with Gasteiger partial charge in [-0.25, -0.2) is 9.98 Å². The van der Waals surface area contributed by atoms with Crippen LogP contribution in [0.25, 0.3) is 54.9 Å². The molecule has 0 spiro atoms. The number of rotatable bonds is 7. The third-order valence-electron chi connectivity index (χ3n) is 10.1. The SMILES string of the molecule is C=N/C(=N\C(=N/Cc1ccccc1)c1ccc2ccccc2c1)c1cccc(Oc2ccccc2-c2ccc3c4c(cccc24)-c2ccccc2-3)c1C. The summed E-state index contributed by atoms with van der Waals surface area (Å²) >= 11 is 0. The van der Waals surface area contributed by atoms with E-state index in [1.54, 1.807) is 0 Å². The van der Waals surface area contributed by atoms with Gasteiger partial charge >= 0.3 is 0 Å². The summed E-state index contributed by atoms with van der Waals surface area (Å²) in [7, 11) is 0.